The van der Waals surface area contributed by atoms with Crippen LogP contribution in [-0.4, -0.2) is 29.9 Å². The molecule has 0 saturated heterocycles. The van der Waals surface area contributed by atoms with E-state index in [0.29, 0.717) is 40.5 Å². The van der Waals surface area contributed by atoms with Gasteiger partial charge in [0.2, 0.25) is 0 Å². The molecule has 7 nitrogen and oxygen atoms in total. The first-order valence-corrected chi connectivity index (χ1v) is 18.2. The van der Waals surface area contributed by atoms with Crippen LogP contribution in [0.5, 0.6) is 0 Å². The van der Waals surface area contributed by atoms with E-state index in [2.05, 4.69) is 12.1 Å². The maximum Gasteiger partial charge on any atom is 0.164 e. The predicted molar refractivity (Wildman–Crippen MR) is 221 cm³/mol. The number of hydrogen-bond donors (Lipinski definition) is 0. The lowest BCUT2D eigenvalue weighted by molar-refractivity contribution is 1.07. The molecule has 0 saturated carbocycles. The fourth-order valence-electron chi connectivity index (χ4n) is 6.75. The molecule has 0 aliphatic rings. The van der Waals surface area contributed by atoms with Crippen LogP contribution in [0.25, 0.3) is 90.6 Å². The molecule has 9 rings (SSSR count). The SMILES string of the molecule is N#Cc1cccc(-c2ccccc2-c2nc(-c3ccccc3)nc(-c3ccccc3)n2)c1-c1ccc(-c2nc(-c3ccccc3)nc(-c3ccccc3)n2)cc1. The van der Waals surface area contributed by atoms with Crippen molar-refractivity contribution in [3.8, 4) is 96.7 Å². The molecule has 9 aromatic rings. The largest absolute Gasteiger partial charge is 0.208 e. The molecule has 0 atom stereocenters. The van der Waals surface area contributed by atoms with Crippen LogP contribution in [-0.2, 0) is 0 Å². The summed E-state index contributed by atoms with van der Waals surface area (Å²) in [6.07, 6.45) is 0. The van der Waals surface area contributed by atoms with Gasteiger partial charge in [0.25, 0.3) is 0 Å². The zero-order chi connectivity index (χ0) is 37.7. The minimum atomic E-state index is 0.537. The number of rotatable bonds is 8. The smallest absolute Gasteiger partial charge is 0.164 e. The lowest BCUT2D eigenvalue weighted by atomic mass is 9.88. The van der Waals surface area contributed by atoms with Crippen molar-refractivity contribution >= 4 is 0 Å². The van der Waals surface area contributed by atoms with Gasteiger partial charge in [0.1, 0.15) is 0 Å². The first-order valence-electron chi connectivity index (χ1n) is 18.2. The number of benzene rings is 7. The van der Waals surface area contributed by atoms with E-state index < -0.39 is 0 Å². The Balaban J connectivity index is 1.16. The van der Waals surface area contributed by atoms with Crippen LogP contribution in [0.3, 0.4) is 0 Å². The van der Waals surface area contributed by atoms with E-state index >= 15 is 0 Å². The molecule has 0 bridgehead atoms. The molecule has 0 fully saturated rings. The quantitative estimate of drug-likeness (QED) is 0.154. The monoisotopic (exact) mass is 717 g/mol. The summed E-state index contributed by atoms with van der Waals surface area (Å²) in [4.78, 5) is 29.6. The van der Waals surface area contributed by atoms with Crippen molar-refractivity contribution in [2.24, 2.45) is 0 Å². The summed E-state index contributed by atoms with van der Waals surface area (Å²) in [5.41, 5.74) is 9.25. The number of nitrogens with zero attached hydrogens (tertiary/aromatic N) is 7. The molecule has 0 aliphatic heterocycles. The van der Waals surface area contributed by atoms with Crippen LogP contribution in [0.4, 0.5) is 0 Å². The van der Waals surface area contributed by atoms with Crippen LogP contribution in [0, 0.1) is 11.3 Å². The lowest BCUT2D eigenvalue weighted by Crippen LogP contribution is -2.01. The maximum atomic E-state index is 10.5. The van der Waals surface area contributed by atoms with Crippen LogP contribution in [0.1, 0.15) is 5.56 Å². The Bertz CT molecular complexity index is 2720. The highest BCUT2D eigenvalue weighted by Crippen LogP contribution is 2.40. The van der Waals surface area contributed by atoms with Crippen molar-refractivity contribution in [2.45, 2.75) is 0 Å². The molecule has 262 valence electrons. The van der Waals surface area contributed by atoms with E-state index in [9.17, 15) is 5.26 Å². The highest BCUT2D eigenvalue weighted by Gasteiger charge is 2.20. The van der Waals surface area contributed by atoms with Gasteiger partial charge in [-0.1, -0.05) is 182 Å². The van der Waals surface area contributed by atoms with Gasteiger partial charge < -0.3 is 0 Å². The fourth-order valence-corrected chi connectivity index (χ4v) is 6.75. The molecule has 56 heavy (non-hydrogen) atoms. The van der Waals surface area contributed by atoms with Gasteiger partial charge in [-0.3, -0.25) is 0 Å². The molecule has 2 heterocycles. The third kappa shape index (κ3) is 6.82. The Morgan fingerprint density at radius 3 is 1.00 bits per heavy atom. The zero-order valence-corrected chi connectivity index (χ0v) is 30.0. The summed E-state index contributed by atoms with van der Waals surface area (Å²) in [6.45, 7) is 0. The molecule has 7 heteroatoms. The third-order valence-corrected chi connectivity index (χ3v) is 9.47. The minimum absolute atomic E-state index is 0.537. The van der Waals surface area contributed by atoms with E-state index in [1.807, 2.05) is 182 Å². The second-order valence-electron chi connectivity index (χ2n) is 13.0. The molecule has 7 aromatic carbocycles. The third-order valence-electron chi connectivity index (χ3n) is 9.47. The number of nitriles is 1. The molecule has 0 aliphatic carbocycles. The first kappa shape index (κ1) is 33.9. The van der Waals surface area contributed by atoms with Gasteiger partial charge in [-0.15, -0.1) is 0 Å². The molecular weight excluding hydrogens is 687 g/mol. The summed E-state index contributed by atoms with van der Waals surface area (Å²) < 4.78 is 0. The number of aromatic nitrogens is 6. The van der Waals surface area contributed by atoms with Crippen molar-refractivity contribution in [2.75, 3.05) is 0 Å². The minimum Gasteiger partial charge on any atom is -0.208 e. The second kappa shape index (κ2) is 15.2. The van der Waals surface area contributed by atoms with Crippen LogP contribution in [0.2, 0.25) is 0 Å². The Hall–Kier alpha value is -7.95. The van der Waals surface area contributed by atoms with Crippen molar-refractivity contribution in [1.82, 2.24) is 29.9 Å². The predicted octanol–water partition coefficient (Wildman–Crippen LogP) is 11.3. The summed E-state index contributed by atoms with van der Waals surface area (Å²) in [5, 5.41) is 10.5. The van der Waals surface area contributed by atoms with Crippen molar-refractivity contribution in [3.63, 3.8) is 0 Å². The van der Waals surface area contributed by atoms with Crippen molar-refractivity contribution < 1.29 is 0 Å². The molecule has 0 radical (unpaired) electrons. The summed E-state index contributed by atoms with van der Waals surface area (Å²) >= 11 is 0. The van der Waals surface area contributed by atoms with Gasteiger partial charge in [-0.2, -0.15) is 5.26 Å². The highest BCUT2D eigenvalue weighted by molar-refractivity contribution is 5.93. The average Bonchev–Trinajstić information content (AvgIpc) is 3.29. The Morgan fingerprint density at radius 1 is 0.268 bits per heavy atom. The molecular formula is C49H31N7. The van der Waals surface area contributed by atoms with Crippen LogP contribution in [0.15, 0.2) is 188 Å². The topological polar surface area (TPSA) is 101 Å². The van der Waals surface area contributed by atoms with Gasteiger partial charge in [-0.25, -0.2) is 29.9 Å². The normalized spacial score (nSPS) is 10.8. The standard InChI is InChI=1S/C49H31N7/c50-32-39-24-15-27-41(40-25-13-14-26-42(40)49-55-46(36-20-9-3-10-21-36)54-47(56-49)37-22-11-4-12-23-37)43(39)33-28-30-38(31-29-33)48-52-44(34-16-5-1-6-17-34)51-45(53-48)35-18-7-2-8-19-35/h1-31H. The molecule has 0 spiro atoms. The summed E-state index contributed by atoms with van der Waals surface area (Å²) in [7, 11) is 0. The molecule has 0 unspecified atom stereocenters. The molecule has 0 amide bonds. The second-order valence-corrected chi connectivity index (χ2v) is 13.0. The summed E-state index contributed by atoms with van der Waals surface area (Å²) in [6, 6.07) is 64.1. The highest BCUT2D eigenvalue weighted by atomic mass is 15.0. The van der Waals surface area contributed by atoms with Gasteiger partial charge in [0.05, 0.1) is 11.6 Å². The average molecular weight is 718 g/mol. The van der Waals surface area contributed by atoms with Crippen molar-refractivity contribution in [1.29, 1.82) is 5.26 Å². The van der Waals surface area contributed by atoms with Crippen LogP contribution < -0.4 is 0 Å². The van der Waals surface area contributed by atoms with E-state index in [-0.39, 0.29) is 0 Å². The lowest BCUT2D eigenvalue weighted by Gasteiger charge is -2.16. The molecule has 0 N–H and O–H groups in total. The fraction of sp³-hybridized carbons (Fsp3) is 0. The Morgan fingerprint density at radius 2 is 0.589 bits per heavy atom. The van der Waals surface area contributed by atoms with Gasteiger partial charge in [0.15, 0.2) is 34.9 Å². The first-order chi connectivity index (χ1) is 27.7. The van der Waals surface area contributed by atoms with E-state index in [1.165, 1.54) is 0 Å². The number of hydrogen-bond acceptors (Lipinski definition) is 7. The molecule has 2 aromatic heterocycles. The summed E-state index contributed by atoms with van der Waals surface area (Å²) in [5.74, 6) is 3.44. The van der Waals surface area contributed by atoms with E-state index in [0.717, 1.165) is 55.6 Å². The van der Waals surface area contributed by atoms with Gasteiger partial charge >= 0.3 is 0 Å². The zero-order valence-electron chi connectivity index (χ0n) is 30.0. The maximum absolute atomic E-state index is 10.5. The van der Waals surface area contributed by atoms with E-state index in [1.54, 1.807) is 0 Å². The Labute approximate surface area is 324 Å². The van der Waals surface area contributed by atoms with Gasteiger partial charge in [0, 0.05) is 38.9 Å². The van der Waals surface area contributed by atoms with Crippen molar-refractivity contribution in [3.05, 3.63) is 194 Å². The Kier molecular flexibility index (Phi) is 9.18. The van der Waals surface area contributed by atoms with Crippen LogP contribution >= 0.6 is 0 Å². The van der Waals surface area contributed by atoms with Gasteiger partial charge in [-0.05, 0) is 22.8 Å². The van der Waals surface area contributed by atoms with E-state index in [4.69, 9.17) is 29.9 Å².